The number of aromatic nitrogens is 6. The second-order valence-corrected chi connectivity index (χ2v) is 7.58. The minimum absolute atomic E-state index is 0.0845. The maximum atomic E-state index is 13.0. The molecule has 2 aliphatic heterocycles. The normalized spacial score (nSPS) is 15.9. The number of aromatic amines is 2. The van der Waals surface area contributed by atoms with Crippen molar-refractivity contribution in [2.75, 3.05) is 0 Å². The number of hydrogen-bond acceptors (Lipinski definition) is 9. The molecule has 0 saturated heterocycles. The van der Waals surface area contributed by atoms with E-state index in [1.807, 2.05) is 0 Å². The van der Waals surface area contributed by atoms with Gasteiger partial charge in [-0.05, 0) is 6.07 Å². The standard InChI is InChI=1S/C20H6N6O5/c27-15-11-9(21-23-11)7-17-13(15)25-26-14-16(28)12-10(22-24-12)8(18(14)30-17)20(7)6-4-2-1-3-5(6)19(29)31-20/h1-4,21-22H. The Morgan fingerprint density at radius 2 is 1.35 bits per heavy atom. The monoisotopic (exact) mass is 410 g/mol. The molecule has 8 rings (SSSR count). The smallest absolute Gasteiger partial charge is 0.340 e. The zero-order chi connectivity index (χ0) is 20.6. The highest BCUT2D eigenvalue weighted by atomic mass is 16.6. The molecular weight excluding hydrogens is 404 g/mol. The quantitative estimate of drug-likeness (QED) is 0.349. The zero-order valence-electron chi connectivity index (χ0n) is 15.1. The molecule has 2 bridgehead atoms. The summed E-state index contributed by atoms with van der Waals surface area (Å²) in [7, 11) is 0. The third-order valence-corrected chi connectivity index (χ3v) is 6.21. The highest BCUT2D eigenvalue weighted by molar-refractivity contribution is 6.08. The number of H-pyrrole nitrogens is 2. The van der Waals surface area contributed by atoms with Gasteiger partial charge in [0, 0.05) is 5.56 Å². The number of hydrogen-bond donors (Lipinski definition) is 2. The lowest BCUT2D eigenvalue weighted by atomic mass is 9.77. The number of rotatable bonds is 0. The first kappa shape index (κ1) is 15.2. The molecule has 0 aliphatic carbocycles. The van der Waals surface area contributed by atoms with Crippen molar-refractivity contribution >= 4 is 50.2 Å². The Morgan fingerprint density at radius 1 is 0.774 bits per heavy atom. The Morgan fingerprint density at radius 3 is 1.90 bits per heavy atom. The molecular formula is C20H6N6O5. The van der Waals surface area contributed by atoms with Gasteiger partial charge in [0.25, 0.3) is 0 Å². The van der Waals surface area contributed by atoms with Crippen LogP contribution in [0.4, 0.5) is 0 Å². The van der Waals surface area contributed by atoms with E-state index < -0.39 is 22.4 Å². The number of fused-ring (bicyclic) bond motifs is 8. The first-order chi connectivity index (χ1) is 15.1. The summed E-state index contributed by atoms with van der Waals surface area (Å²) in [6, 6.07) is 6.95. The van der Waals surface area contributed by atoms with Crippen LogP contribution >= 0.6 is 0 Å². The fourth-order valence-corrected chi connectivity index (χ4v) is 4.87. The molecule has 11 nitrogen and oxygen atoms in total. The van der Waals surface area contributed by atoms with E-state index in [1.54, 1.807) is 24.3 Å². The number of carbonyl (C=O) groups excluding carboxylic acids is 1. The van der Waals surface area contributed by atoms with Gasteiger partial charge in [0.1, 0.15) is 0 Å². The van der Waals surface area contributed by atoms with Gasteiger partial charge in [-0.2, -0.15) is 10.2 Å². The van der Waals surface area contributed by atoms with Crippen molar-refractivity contribution < 1.29 is 13.9 Å². The highest BCUT2D eigenvalue weighted by Crippen LogP contribution is 2.55. The minimum atomic E-state index is -1.50. The lowest BCUT2D eigenvalue weighted by Gasteiger charge is -2.33. The predicted octanol–water partition coefficient (Wildman–Crippen LogP) is 1.06. The van der Waals surface area contributed by atoms with Crippen molar-refractivity contribution in [3.05, 3.63) is 67.0 Å². The first-order valence-electron chi connectivity index (χ1n) is 9.30. The van der Waals surface area contributed by atoms with Crippen LogP contribution in [0.3, 0.4) is 0 Å². The summed E-state index contributed by atoms with van der Waals surface area (Å²) in [6.45, 7) is 0. The lowest BCUT2D eigenvalue weighted by molar-refractivity contribution is 0.0256. The Bertz CT molecular complexity index is 1840. The fraction of sp³-hybridized carbons (Fsp3) is 0.0500. The summed E-state index contributed by atoms with van der Waals surface area (Å²) in [6.07, 6.45) is 0. The fourth-order valence-electron chi connectivity index (χ4n) is 4.87. The van der Waals surface area contributed by atoms with E-state index in [-0.39, 0.29) is 33.2 Å². The number of ether oxygens (including phenoxy) is 1. The molecule has 146 valence electrons. The summed E-state index contributed by atoms with van der Waals surface area (Å²) in [5.41, 5.74) is 0.192. The van der Waals surface area contributed by atoms with Crippen LogP contribution in [0.2, 0.25) is 0 Å². The van der Waals surface area contributed by atoms with Crippen LogP contribution in [0.5, 0.6) is 0 Å². The second kappa shape index (κ2) is 4.41. The second-order valence-electron chi connectivity index (χ2n) is 7.58. The molecule has 0 radical (unpaired) electrons. The van der Waals surface area contributed by atoms with Crippen molar-refractivity contribution in [3.8, 4) is 0 Å². The Hall–Kier alpha value is -4.67. The molecule has 6 aromatic rings. The number of esters is 1. The van der Waals surface area contributed by atoms with E-state index in [0.29, 0.717) is 33.3 Å². The summed E-state index contributed by atoms with van der Waals surface area (Å²) in [5.74, 6) is -0.543. The van der Waals surface area contributed by atoms with Crippen LogP contribution in [-0.2, 0) is 10.3 Å². The van der Waals surface area contributed by atoms with Gasteiger partial charge in [0.2, 0.25) is 16.5 Å². The largest absolute Gasteiger partial charge is 0.451 e. The van der Waals surface area contributed by atoms with E-state index in [4.69, 9.17) is 9.15 Å². The van der Waals surface area contributed by atoms with Gasteiger partial charge in [-0.15, -0.1) is 10.2 Å². The SMILES string of the molecule is O=C1OC2(c3ccccc31)c1c3[nH]nc3c(=O)c3nnc4c(=O)c5n[nH]c5c2c4oc13. The molecule has 2 N–H and O–H groups in total. The highest BCUT2D eigenvalue weighted by Gasteiger charge is 2.56. The molecule has 2 aliphatic rings. The van der Waals surface area contributed by atoms with Crippen LogP contribution in [-0.4, -0.2) is 36.6 Å². The maximum Gasteiger partial charge on any atom is 0.340 e. The lowest BCUT2D eigenvalue weighted by Crippen LogP contribution is -2.35. The number of nitrogens with zero attached hydrogens (tertiary/aromatic N) is 4. The first-order valence-corrected chi connectivity index (χ1v) is 9.30. The summed E-state index contributed by atoms with van der Waals surface area (Å²) in [5, 5.41) is 21.6. The van der Waals surface area contributed by atoms with Crippen LogP contribution in [0.15, 0.2) is 38.3 Å². The Kier molecular flexibility index (Phi) is 2.16. The van der Waals surface area contributed by atoms with Gasteiger partial charge in [-0.1, -0.05) is 18.2 Å². The third kappa shape index (κ3) is 1.37. The van der Waals surface area contributed by atoms with Crippen molar-refractivity contribution in [2.45, 2.75) is 5.60 Å². The predicted molar refractivity (Wildman–Crippen MR) is 104 cm³/mol. The Balaban J connectivity index is 1.78. The molecule has 11 heteroatoms. The van der Waals surface area contributed by atoms with Gasteiger partial charge >= 0.3 is 5.97 Å². The summed E-state index contributed by atoms with van der Waals surface area (Å²) in [4.78, 5) is 38.8. The molecule has 0 fully saturated rings. The van der Waals surface area contributed by atoms with Gasteiger partial charge < -0.3 is 9.15 Å². The number of carbonyl (C=O) groups is 1. The van der Waals surface area contributed by atoms with E-state index in [1.165, 1.54) is 0 Å². The van der Waals surface area contributed by atoms with Gasteiger partial charge in [-0.25, -0.2) is 4.79 Å². The van der Waals surface area contributed by atoms with Crippen molar-refractivity contribution in [3.63, 3.8) is 0 Å². The van der Waals surface area contributed by atoms with Gasteiger partial charge in [0.05, 0.1) is 27.7 Å². The van der Waals surface area contributed by atoms with Crippen molar-refractivity contribution in [1.29, 1.82) is 0 Å². The van der Waals surface area contributed by atoms with Crippen LogP contribution < -0.4 is 10.9 Å². The van der Waals surface area contributed by atoms with Crippen molar-refractivity contribution in [2.24, 2.45) is 0 Å². The van der Waals surface area contributed by atoms with Gasteiger partial charge in [0.15, 0.2) is 33.2 Å². The number of nitrogens with one attached hydrogen (secondary N) is 2. The average Bonchev–Trinajstić information content (AvgIpc) is 2.87. The zero-order valence-corrected chi connectivity index (χ0v) is 15.1. The summed E-state index contributed by atoms with van der Waals surface area (Å²) < 4.78 is 12.2. The minimum Gasteiger partial charge on any atom is -0.451 e. The molecule has 5 heterocycles. The van der Waals surface area contributed by atoms with Crippen LogP contribution in [0.25, 0.3) is 44.3 Å². The molecule has 0 atom stereocenters. The Labute approximate surface area is 168 Å². The van der Waals surface area contributed by atoms with E-state index >= 15 is 0 Å². The molecule has 3 aromatic carbocycles. The van der Waals surface area contributed by atoms with Crippen LogP contribution in [0.1, 0.15) is 27.0 Å². The van der Waals surface area contributed by atoms with E-state index in [9.17, 15) is 14.4 Å². The van der Waals surface area contributed by atoms with Gasteiger partial charge in [-0.3, -0.25) is 19.8 Å². The van der Waals surface area contributed by atoms with Crippen molar-refractivity contribution in [1.82, 2.24) is 30.6 Å². The topological polar surface area (TPSA) is 157 Å². The van der Waals surface area contributed by atoms with Crippen LogP contribution in [0, 0.1) is 0 Å². The average molecular weight is 410 g/mol. The van der Waals surface area contributed by atoms with E-state index in [0.717, 1.165) is 0 Å². The number of benzene rings is 3. The maximum absolute atomic E-state index is 13.0. The molecule has 31 heavy (non-hydrogen) atoms. The molecule has 0 amide bonds. The summed E-state index contributed by atoms with van der Waals surface area (Å²) >= 11 is 0. The molecule has 0 saturated carbocycles. The van der Waals surface area contributed by atoms with E-state index in [2.05, 4.69) is 30.6 Å². The molecule has 0 unspecified atom stereocenters. The molecule has 1 spiro atoms. The third-order valence-electron chi connectivity index (χ3n) is 6.21. The molecule has 3 aromatic heterocycles.